The van der Waals surface area contributed by atoms with E-state index in [9.17, 15) is 41.3 Å². The Kier molecular flexibility index (Phi) is 5.79. The highest BCUT2D eigenvalue weighted by Crippen LogP contribution is 2.38. The van der Waals surface area contributed by atoms with E-state index in [4.69, 9.17) is 0 Å². The van der Waals surface area contributed by atoms with Crippen LogP contribution in [0.2, 0.25) is 0 Å². The highest BCUT2D eigenvalue weighted by Gasteiger charge is 2.37. The molecule has 14 heteroatoms. The van der Waals surface area contributed by atoms with Crippen molar-refractivity contribution >= 4 is 29.2 Å². The van der Waals surface area contributed by atoms with E-state index in [1.54, 1.807) is 0 Å². The van der Waals surface area contributed by atoms with Gasteiger partial charge in [0.25, 0.3) is 11.6 Å². The van der Waals surface area contributed by atoms with Crippen LogP contribution in [0.3, 0.4) is 0 Å². The van der Waals surface area contributed by atoms with Crippen LogP contribution in [0, 0.1) is 10.1 Å². The van der Waals surface area contributed by atoms with Crippen molar-refractivity contribution in [3.8, 4) is 5.69 Å². The Morgan fingerprint density at radius 1 is 1.00 bits per heavy atom. The summed E-state index contributed by atoms with van der Waals surface area (Å²) >= 11 is 1.45. The summed E-state index contributed by atoms with van der Waals surface area (Å²) < 4.78 is 80.2. The molecule has 0 saturated carbocycles. The lowest BCUT2D eigenvalue weighted by Gasteiger charge is -2.15. The van der Waals surface area contributed by atoms with Crippen LogP contribution in [-0.4, -0.2) is 20.6 Å². The minimum absolute atomic E-state index is 0.0600. The van der Waals surface area contributed by atoms with Crippen molar-refractivity contribution < 1.29 is 36.1 Å². The van der Waals surface area contributed by atoms with Gasteiger partial charge >= 0.3 is 12.4 Å². The molecule has 0 radical (unpaired) electrons. The van der Waals surface area contributed by atoms with Crippen LogP contribution in [0.15, 0.2) is 42.5 Å². The number of carbonyl (C=O) groups is 1. The fraction of sp³-hybridized carbons (Fsp3) is 0.200. The topological polar surface area (TPSA) is 90.1 Å². The zero-order chi connectivity index (χ0) is 24.8. The molecule has 0 unspecified atom stereocenters. The largest absolute Gasteiger partial charge is 0.416 e. The molecule has 2 heterocycles. The highest BCUT2D eigenvalue weighted by molar-refractivity contribution is 7.98. The molecular formula is C20H12F6N4O3S. The molecule has 2 aromatic carbocycles. The van der Waals surface area contributed by atoms with Gasteiger partial charge in [0.05, 0.1) is 27.4 Å². The molecule has 7 nitrogen and oxygen atoms in total. The summed E-state index contributed by atoms with van der Waals surface area (Å²) in [7, 11) is 0. The maximum Gasteiger partial charge on any atom is 0.416 e. The third-order valence-corrected chi connectivity index (χ3v) is 5.91. The van der Waals surface area contributed by atoms with E-state index in [0.29, 0.717) is 40.6 Å². The van der Waals surface area contributed by atoms with Crippen LogP contribution in [0.4, 0.5) is 37.8 Å². The van der Waals surface area contributed by atoms with Gasteiger partial charge in [0, 0.05) is 34.8 Å². The van der Waals surface area contributed by atoms with Gasteiger partial charge in [-0.25, -0.2) is 4.68 Å². The predicted molar refractivity (Wildman–Crippen MR) is 110 cm³/mol. The molecule has 1 amide bonds. The van der Waals surface area contributed by atoms with Crippen LogP contribution < -0.4 is 5.32 Å². The molecule has 0 fully saturated rings. The summed E-state index contributed by atoms with van der Waals surface area (Å²) in [5.41, 5.74) is -2.83. The first-order chi connectivity index (χ1) is 15.8. The normalized spacial score (nSPS) is 13.6. The van der Waals surface area contributed by atoms with E-state index in [-0.39, 0.29) is 17.6 Å². The Balaban J connectivity index is 1.75. The zero-order valence-electron chi connectivity index (χ0n) is 16.7. The van der Waals surface area contributed by atoms with E-state index < -0.39 is 39.9 Å². The number of halogens is 6. The highest BCUT2D eigenvalue weighted by atomic mass is 32.2. The van der Waals surface area contributed by atoms with Crippen molar-refractivity contribution in [2.24, 2.45) is 0 Å². The first kappa shape index (κ1) is 23.6. The minimum atomic E-state index is -5.10. The lowest BCUT2D eigenvalue weighted by Crippen LogP contribution is -2.19. The number of carbonyl (C=O) groups excluding carboxylic acids is 1. The lowest BCUT2D eigenvalue weighted by molar-refractivity contribution is -0.384. The first-order valence-electron chi connectivity index (χ1n) is 9.39. The molecular weight excluding hydrogens is 490 g/mol. The molecule has 1 aliphatic heterocycles. The summed E-state index contributed by atoms with van der Waals surface area (Å²) in [6.45, 7) is 0. The number of non-ortho nitro benzene ring substituents is 1. The SMILES string of the molecule is O=C(Nc1c2c(nn1-c1ccc([N+](=O)[O-])cc1)CSC2)c1cc(C(F)(F)F)cc(C(F)(F)F)c1. The van der Waals surface area contributed by atoms with Crippen molar-refractivity contribution in [1.82, 2.24) is 9.78 Å². The van der Waals surface area contributed by atoms with Gasteiger partial charge in [-0.3, -0.25) is 14.9 Å². The fourth-order valence-electron chi connectivity index (χ4n) is 3.31. The van der Waals surface area contributed by atoms with Gasteiger partial charge in [-0.1, -0.05) is 0 Å². The van der Waals surface area contributed by atoms with E-state index >= 15 is 0 Å². The van der Waals surface area contributed by atoms with Gasteiger partial charge in [0.15, 0.2) is 0 Å². The van der Waals surface area contributed by atoms with Crippen LogP contribution in [0.5, 0.6) is 0 Å². The number of amides is 1. The number of benzene rings is 2. The molecule has 0 aliphatic carbocycles. The Morgan fingerprint density at radius 3 is 2.12 bits per heavy atom. The van der Waals surface area contributed by atoms with Crippen molar-refractivity contribution in [3.05, 3.63) is 80.5 Å². The molecule has 0 bridgehead atoms. The Hall–Kier alpha value is -3.55. The van der Waals surface area contributed by atoms with Gasteiger partial charge in [-0.15, -0.1) is 0 Å². The maximum atomic E-state index is 13.2. The van der Waals surface area contributed by atoms with Gasteiger partial charge in [0.1, 0.15) is 5.82 Å². The number of thioether (sulfide) groups is 1. The Labute approximate surface area is 190 Å². The smallest absolute Gasteiger partial charge is 0.306 e. The van der Waals surface area contributed by atoms with Gasteiger partial charge < -0.3 is 5.32 Å². The number of alkyl halides is 6. The molecule has 1 N–H and O–H groups in total. The average Bonchev–Trinajstić information content (AvgIpc) is 3.35. The van der Waals surface area contributed by atoms with E-state index in [2.05, 4.69) is 10.4 Å². The maximum absolute atomic E-state index is 13.2. The number of nitrogens with zero attached hydrogens (tertiary/aromatic N) is 3. The lowest BCUT2D eigenvalue weighted by atomic mass is 10.0. The fourth-order valence-corrected chi connectivity index (χ4v) is 4.34. The van der Waals surface area contributed by atoms with Crippen LogP contribution in [0.25, 0.3) is 5.69 Å². The average molecular weight is 502 g/mol. The molecule has 4 rings (SSSR count). The van der Waals surface area contributed by atoms with E-state index in [0.717, 1.165) is 0 Å². The molecule has 0 spiro atoms. The van der Waals surface area contributed by atoms with Crippen molar-refractivity contribution in [1.29, 1.82) is 0 Å². The summed E-state index contributed by atoms with van der Waals surface area (Å²) in [4.78, 5) is 23.1. The van der Waals surface area contributed by atoms with Gasteiger partial charge in [0.2, 0.25) is 0 Å². The summed E-state index contributed by atoms with van der Waals surface area (Å²) in [5, 5.41) is 17.6. The number of fused-ring (bicyclic) bond motifs is 1. The second-order valence-electron chi connectivity index (χ2n) is 7.20. The summed E-state index contributed by atoms with van der Waals surface area (Å²) in [5.74, 6) is -0.266. The molecule has 34 heavy (non-hydrogen) atoms. The number of nitrogens with one attached hydrogen (secondary N) is 1. The van der Waals surface area contributed by atoms with Crippen LogP contribution >= 0.6 is 11.8 Å². The van der Waals surface area contributed by atoms with Crippen molar-refractivity contribution in [3.63, 3.8) is 0 Å². The second kappa shape index (κ2) is 8.34. The molecule has 1 aliphatic rings. The van der Waals surface area contributed by atoms with Gasteiger partial charge in [-0.2, -0.15) is 43.2 Å². The number of nitro benzene ring substituents is 1. The summed E-state index contributed by atoms with van der Waals surface area (Å²) in [6, 6.07) is 5.73. The van der Waals surface area contributed by atoms with E-state index in [1.807, 2.05) is 0 Å². The number of anilines is 1. The monoisotopic (exact) mass is 502 g/mol. The molecule has 178 valence electrons. The number of hydrogen-bond donors (Lipinski definition) is 1. The molecule has 3 aromatic rings. The number of aromatic nitrogens is 2. The predicted octanol–water partition coefficient (Wildman–Crippen LogP) is 5.82. The number of hydrogen-bond acceptors (Lipinski definition) is 5. The van der Waals surface area contributed by atoms with E-state index in [1.165, 1.54) is 40.7 Å². The number of nitro groups is 1. The third kappa shape index (κ3) is 4.58. The summed E-state index contributed by atoms with van der Waals surface area (Å²) in [6.07, 6.45) is -10.2. The second-order valence-corrected chi connectivity index (χ2v) is 8.19. The van der Waals surface area contributed by atoms with Crippen LogP contribution in [-0.2, 0) is 23.9 Å². The van der Waals surface area contributed by atoms with Gasteiger partial charge in [-0.05, 0) is 30.3 Å². The number of rotatable bonds is 4. The minimum Gasteiger partial charge on any atom is -0.306 e. The van der Waals surface area contributed by atoms with Crippen molar-refractivity contribution in [2.75, 3.05) is 5.32 Å². The Bertz CT molecular complexity index is 1250. The van der Waals surface area contributed by atoms with Crippen LogP contribution in [0.1, 0.15) is 32.7 Å². The standard InChI is InChI=1S/C20H12F6N4O3S/c21-19(22,23)11-5-10(6-12(7-11)20(24,25)26)18(31)27-17-15-8-34-9-16(15)28-29(17)13-1-3-14(4-2-13)30(32)33/h1-7H,8-9H2,(H,27,31). The molecule has 0 saturated heterocycles. The quantitative estimate of drug-likeness (QED) is 0.276. The zero-order valence-corrected chi connectivity index (χ0v) is 17.5. The molecule has 0 atom stereocenters. The Morgan fingerprint density at radius 2 is 1.59 bits per heavy atom. The first-order valence-corrected chi connectivity index (χ1v) is 10.5. The van der Waals surface area contributed by atoms with Crippen molar-refractivity contribution in [2.45, 2.75) is 23.9 Å². The third-order valence-electron chi connectivity index (χ3n) is 4.94. The molecule has 1 aromatic heterocycles.